The van der Waals surface area contributed by atoms with E-state index in [-0.39, 0.29) is 24.4 Å². The Morgan fingerprint density at radius 2 is 1.31 bits per heavy atom. The molecule has 0 aliphatic rings. The molecule has 8 heteroatoms. The van der Waals surface area contributed by atoms with Crippen molar-refractivity contribution in [2.45, 2.75) is 24.9 Å². The van der Waals surface area contributed by atoms with Gasteiger partial charge in [-0.1, -0.05) is 24.3 Å². The lowest BCUT2D eigenvalue weighted by molar-refractivity contribution is 0.101. The van der Waals surface area contributed by atoms with Gasteiger partial charge in [0, 0.05) is 18.7 Å². The van der Waals surface area contributed by atoms with E-state index in [0.29, 0.717) is 22.6 Å². The van der Waals surface area contributed by atoms with E-state index in [0.717, 1.165) is 12.1 Å². The molecule has 168 valence electrons. The number of ketones is 1. The molecule has 0 fully saturated rings. The van der Waals surface area contributed by atoms with E-state index in [1.165, 1.54) is 17.3 Å². The van der Waals surface area contributed by atoms with Crippen molar-refractivity contribution in [1.82, 2.24) is 4.31 Å². The number of hydrogen-bond acceptors (Lipinski definition) is 5. The molecule has 6 nitrogen and oxygen atoms in total. The maximum atomic E-state index is 14.8. The lowest BCUT2D eigenvalue weighted by Gasteiger charge is -2.23. The van der Waals surface area contributed by atoms with Crippen LogP contribution in [0.25, 0.3) is 0 Å². The van der Waals surface area contributed by atoms with E-state index < -0.39 is 20.7 Å². The first-order valence-corrected chi connectivity index (χ1v) is 11.2. The predicted octanol–water partition coefficient (Wildman–Crippen LogP) is 4.44. The van der Waals surface area contributed by atoms with Gasteiger partial charge in [0.25, 0.3) is 0 Å². The van der Waals surface area contributed by atoms with Crippen molar-refractivity contribution in [2.75, 3.05) is 14.2 Å². The molecule has 0 N–H and O–H groups in total. The Kier molecular flexibility index (Phi) is 7.27. The van der Waals surface area contributed by atoms with Gasteiger partial charge in [-0.3, -0.25) is 4.79 Å². The molecule has 0 radical (unpaired) electrons. The minimum absolute atomic E-state index is 0.0201. The Morgan fingerprint density at radius 1 is 0.844 bits per heavy atom. The van der Waals surface area contributed by atoms with Crippen LogP contribution < -0.4 is 9.47 Å². The van der Waals surface area contributed by atoms with Crippen LogP contribution in [0.15, 0.2) is 71.6 Å². The third-order valence-electron chi connectivity index (χ3n) is 4.99. The average Bonchev–Trinajstić information content (AvgIpc) is 2.79. The highest BCUT2D eigenvalue weighted by atomic mass is 32.2. The molecular formula is C24H24FNO5S. The second-order valence-corrected chi connectivity index (χ2v) is 9.08. The quantitative estimate of drug-likeness (QED) is 0.444. The molecule has 0 bridgehead atoms. The molecule has 3 rings (SSSR count). The van der Waals surface area contributed by atoms with Crippen molar-refractivity contribution in [3.05, 3.63) is 89.2 Å². The van der Waals surface area contributed by atoms with Crippen LogP contribution in [-0.2, 0) is 23.1 Å². The standard InChI is InChI=1S/C24H24FNO5S/c1-17(27)20-8-13-24(23(25)14-20)32(28,29)26(15-18-4-9-21(30-2)10-5-18)16-19-6-11-22(31-3)12-7-19/h4-14H,15-16H2,1-3H3. The summed E-state index contributed by atoms with van der Waals surface area (Å²) in [5, 5.41) is 0. The molecular weight excluding hydrogens is 433 g/mol. The maximum absolute atomic E-state index is 14.8. The van der Waals surface area contributed by atoms with Gasteiger partial charge in [-0.2, -0.15) is 4.31 Å². The number of methoxy groups -OCH3 is 2. The monoisotopic (exact) mass is 457 g/mol. The zero-order valence-corrected chi connectivity index (χ0v) is 18.9. The van der Waals surface area contributed by atoms with Crippen molar-refractivity contribution in [3.8, 4) is 11.5 Å². The normalized spacial score (nSPS) is 11.4. The summed E-state index contributed by atoms with van der Waals surface area (Å²) in [4.78, 5) is 11.1. The van der Waals surface area contributed by atoms with Crippen molar-refractivity contribution in [1.29, 1.82) is 0 Å². The number of benzene rings is 3. The van der Waals surface area contributed by atoms with E-state index in [2.05, 4.69) is 0 Å². The number of hydrogen-bond donors (Lipinski definition) is 0. The summed E-state index contributed by atoms with van der Waals surface area (Å²) in [5.41, 5.74) is 1.53. The number of Topliss-reactive ketones (excluding diaryl/α,β-unsaturated/α-hetero) is 1. The van der Waals surface area contributed by atoms with Crippen LogP contribution in [-0.4, -0.2) is 32.7 Å². The Balaban J connectivity index is 1.99. The number of carbonyl (C=O) groups is 1. The van der Waals surface area contributed by atoms with Crippen LogP contribution in [0.1, 0.15) is 28.4 Å². The summed E-state index contributed by atoms with van der Waals surface area (Å²) >= 11 is 0. The third-order valence-corrected chi connectivity index (χ3v) is 6.82. The first kappa shape index (κ1) is 23.4. The summed E-state index contributed by atoms with van der Waals surface area (Å²) < 4.78 is 53.1. The van der Waals surface area contributed by atoms with E-state index in [1.807, 2.05) is 0 Å². The Hall–Kier alpha value is -3.23. The minimum Gasteiger partial charge on any atom is -0.497 e. The fourth-order valence-electron chi connectivity index (χ4n) is 3.16. The molecule has 0 aromatic heterocycles. The van der Waals surface area contributed by atoms with Gasteiger partial charge >= 0.3 is 0 Å². The second-order valence-electron chi connectivity index (χ2n) is 7.17. The summed E-state index contributed by atoms with van der Waals surface area (Å²) in [5.74, 6) is -0.0262. The second kappa shape index (κ2) is 9.93. The van der Waals surface area contributed by atoms with Crippen molar-refractivity contribution >= 4 is 15.8 Å². The summed E-state index contributed by atoms with van der Waals surface area (Å²) in [6, 6.07) is 17.4. The molecule has 3 aromatic rings. The maximum Gasteiger partial charge on any atom is 0.246 e. The highest BCUT2D eigenvalue weighted by Gasteiger charge is 2.28. The highest BCUT2D eigenvalue weighted by Crippen LogP contribution is 2.25. The third kappa shape index (κ3) is 5.33. The largest absolute Gasteiger partial charge is 0.497 e. The number of rotatable bonds is 9. The van der Waals surface area contributed by atoms with E-state index in [1.54, 1.807) is 62.8 Å². The van der Waals surface area contributed by atoms with Gasteiger partial charge in [-0.05, 0) is 60.5 Å². The first-order valence-electron chi connectivity index (χ1n) is 9.81. The molecule has 0 saturated carbocycles. The molecule has 0 aliphatic carbocycles. The predicted molar refractivity (Wildman–Crippen MR) is 119 cm³/mol. The topological polar surface area (TPSA) is 72.9 Å². The number of carbonyl (C=O) groups excluding carboxylic acids is 1. The zero-order chi connectivity index (χ0) is 23.3. The van der Waals surface area contributed by atoms with Gasteiger partial charge in [0.1, 0.15) is 22.2 Å². The van der Waals surface area contributed by atoms with Crippen LogP contribution in [0.4, 0.5) is 4.39 Å². The number of sulfonamides is 1. The summed E-state index contributed by atoms with van der Waals surface area (Å²) in [6.07, 6.45) is 0. The summed E-state index contributed by atoms with van der Waals surface area (Å²) in [6.45, 7) is 1.33. The number of halogens is 1. The smallest absolute Gasteiger partial charge is 0.246 e. The van der Waals surface area contributed by atoms with Gasteiger partial charge in [0.15, 0.2) is 5.78 Å². The molecule has 0 spiro atoms. The van der Waals surface area contributed by atoms with Gasteiger partial charge in [0.05, 0.1) is 14.2 Å². The Morgan fingerprint density at radius 3 is 1.69 bits per heavy atom. The van der Waals surface area contributed by atoms with Gasteiger partial charge in [0.2, 0.25) is 10.0 Å². The van der Waals surface area contributed by atoms with Crippen molar-refractivity contribution < 1.29 is 27.1 Å². The molecule has 0 unspecified atom stereocenters. The minimum atomic E-state index is -4.22. The number of ether oxygens (including phenoxy) is 2. The molecule has 0 aliphatic heterocycles. The first-order chi connectivity index (χ1) is 15.2. The van der Waals surface area contributed by atoms with E-state index in [9.17, 15) is 17.6 Å². The Bertz CT molecular complexity index is 1140. The lowest BCUT2D eigenvalue weighted by Crippen LogP contribution is -2.31. The van der Waals surface area contributed by atoms with Gasteiger partial charge in [-0.15, -0.1) is 0 Å². The van der Waals surface area contributed by atoms with Crippen LogP contribution in [0, 0.1) is 5.82 Å². The van der Waals surface area contributed by atoms with Crippen LogP contribution in [0.2, 0.25) is 0 Å². The highest BCUT2D eigenvalue weighted by molar-refractivity contribution is 7.89. The molecule has 0 heterocycles. The fourth-order valence-corrected chi connectivity index (χ4v) is 4.62. The molecule has 3 aromatic carbocycles. The van der Waals surface area contributed by atoms with Crippen LogP contribution in [0.5, 0.6) is 11.5 Å². The average molecular weight is 458 g/mol. The Labute approximate surface area is 187 Å². The van der Waals surface area contributed by atoms with Gasteiger partial charge in [-0.25, -0.2) is 12.8 Å². The summed E-state index contributed by atoms with van der Waals surface area (Å²) in [7, 11) is -1.13. The number of nitrogens with zero attached hydrogens (tertiary/aromatic N) is 1. The lowest BCUT2D eigenvalue weighted by atomic mass is 10.1. The van der Waals surface area contributed by atoms with Gasteiger partial charge < -0.3 is 9.47 Å². The molecule has 0 amide bonds. The SMILES string of the molecule is COc1ccc(CN(Cc2ccc(OC)cc2)S(=O)(=O)c2ccc(C(C)=O)cc2F)cc1. The molecule has 32 heavy (non-hydrogen) atoms. The van der Waals surface area contributed by atoms with Crippen molar-refractivity contribution in [3.63, 3.8) is 0 Å². The molecule has 0 saturated heterocycles. The molecule has 0 atom stereocenters. The van der Waals surface area contributed by atoms with Crippen LogP contribution in [0.3, 0.4) is 0 Å². The fraction of sp³-hybridized carbons (Fsp3) is 0.208. The van der Waals surface area contributed by atoms with E-state index >= 15 is 0 Å². The van der Waals surface area contributed by atoms with Crippen LogP contribution >= 0.6 is 0 Å². The zero-order valence-electron chi connectivity index (χ0n) is 18.0. The van der Waals surface area contributed by atoms with E-state index in [4.69, 9.17) is 9.47 Å². The van der Waals surface area contributed by atoms with Crippen molar-refractivity contribution in [2.24, 2.45) is 0 Å².